The maximum absolute atomic E-state index is 10.6. The summed E-state index contributed by atoms with van der Waals surface area (Å²) in [6.45, 7) is 16.3. The summed E-state index contributed by atoms with van der Waals surface area (Å²) in [7, 11) is 0. The molecule has 0 bridgehead atoms. The maximum Gasteiger partial charge on any atom is 0.0815 e. The van der Waals surface area contributed by atoms with Crippen molar-refractivity contribution in [1.82, 2.24) is 0 Å². The van der Waals surface area contributed by atoms with Gasteiger partial charge in [-0.25, -0.2) is 0 Å². The number of hydrogen-bond acceptors (Lipinski definition) is 3. The summed E-state index contributed by atoms with van der Waals surface area (Å²) in [5.41, 5.74) is 2.27. The van der Waals surface area contributed by atoms with Crippen LogP contribution in [0.4, 0.5) is 0 Å². The molecule has 0 amide bonds. The van der Waals surface area contributed by atoms with Gasteiger partial charge in [-0.05, 0) is 88.5 Å². The summed E-state index contributed by atoms with van der Waals surface area (Å²) in [6, 6.07) is 0. The molecule has 0 radical (unpaired) electrons. The molecule has 0 aromatic rings. The van der Waals surface area contributed by atoms with Crippen LogP contribution in [-0.2, 0) is 4.74 Å². The van der Waals surface area contributed by atoms with Gasteiger partial charge in [-0.15, -0.1) is 0 Å². The molecule has 0 fully saturated rings. The second-order valence-electron chi connectivity index (χ2n) is 12.4. The van der Waals surface area contributed by atoms with Crippen LogP contribution in [0.15, 0.2) is 23.3 Å². The summed E-state index contributed by atoms with van der Waals surface area (Å²) in [6.07, 6.45) is 21.3. The van der Waals surface area contributed by atoms with Crippen molar-refractivity contribution < 1.29 is 14.9 Å². The normalized spacial score (nSPS) is 25.5. The highest BCUT2D eigenvalue weighted by molar-refractivity contribution is 5.18. The number of rotatable bonds is 20. The minimum Gasteiger partial charge on any atom is -0.390 e. The van der Waals surface area contributed by atoms with E-state index in [1.807, 2.05) is 6.92 Å². The van der Waals surface area contributed by atoms with Crippen LogP contribution in [0.2, 0.25) is 0 Å². The Bertz CT molecular complexity index is 620. The maximum atomic E-state index is 10.6. The van der Waals surface area contributed by atoms with Crippen molar-refractivity contribution in [2.45, 2.75) is 163 Å². The molecule has 2 N–H and O–H groups in total. The zero-order valence-electron chi connectivity index (χ0n) is 25.2. The van der Waals surface area contributed by atoms with Crippen LogP contribution in [0.1, 0.15) is 145 Å². The van der Waals surface area contributed by atoms with Gasteiger partial charge in [-0.1, -0.05) is 97.3 Å². The van der Waals surface area contributed by atoms with Crippen molar-refractivity contribution in [1.29, 1.82) is 0 Å². The Hall–Kier alpha value is -0.640. The van der Waals surface area contributed by atoms with Gasteiger partial charge in [0.1, 0.15) is 0 Å². The average Bonchev–Trinajstić information content (AvgIpc) is 2.82. The lowest BCUT2D eigenvalue weighted by molar-refractivity contribution is -0.0126. The second-order valence-corrected chi connectivity index (χ2v) is 12.4. The van der Waals surface area contributed by atoms with Crippen molar-refractivity contribution in [3.8, 4) is 0 Å². The van der Waals surface area contributed by atoms with Gasteiger partial charge in [-0.2, -0.15) is 0 Å². The van der Waals surface area contributed by atoms with Crippen molar-refractivity contribution in [2.75, 3.05) is 6.61 Å². The molecule has 0 heterocycles. The zero-order chi connectivity index (χ0) is 27.0. The number of unbranched alkanes of at least 4 members (excludes halogenated alkanes) is 5. The zero-order valence-corrected chi connectivity index (χ0v) is 25.2. The van der Waals surface area contributed by atoms with E-state index < -0.39 is 5.60 Å². The summed E-state index contributed by atoms with van der Waals surface area (Å²) >= 11 is 0. The third kappa shape index (κ3) is 13.8. The minimum atomic E-state index is -0.520. The van der Waals surface area contributed by atoms with E-state index in [0.29, 0.717) is 11.8 Å². The molecule has 0 saturated carbocycles. The molecule has 212 valence electrons. The fourth-order valence-electron chi connectivity index (χ4n) is 5.51. The molecule has 1 aliphatic rings. The Kier molecular flexibility index (Phi) is 17.2. The van der Waals surface area contributed by atoms with E-state index in [0.717, 1.165) is 51.6 Å². The molecule has 0 aliphatic heterocycles. The van der Waals surface area contributed by atoms with Crippen LogP contribution in [-0.4, -0.2) is 34.6 Å². The monoisotopic (exact) mass is 506 g/mol. The first-order chi connectivity index (χ1) is 17.1. The first kappa shape index (κ1) is 33.4. The Balaban J connectivity index is 2.40. The molecule has 3 nitrogen and oxygen atoms in total. The van der Waals surface area contributed by atoms with Crippen LogP contribution < -0.4 is 0 Å². The third-order valence-electron chi connectivity index (χ3n) is 8.58. The topological polar surface area (TPSA) is 49.7 Å². The molecule has 0 aromatic carbocycles. The number of aliphatic hydroxyl groups excluding tert-OH is 1. The smallest absolute Gasteiger partial charge is 0.0815 e. The number of aliphatic hydroxyl groups is 2. The minimum absolute atomic E-state index is 0.168. The molecule has 1 aliphatic carbocycles. The van der Waals surface area contributed by atoms with Crippen molar-refractivity contribution in [3.05, 3.63) is 23.3 Å². The van der Waals surface area contributed by atoms with E-state index >= 15 is 0 Å². The van der Waals surface area contributed by atoms with Gasteiger partial charge >= 0.3 is 0 Å². The Morgan fingerprint density at radius 2 is 1.69 bits per heavy atom. The molecular formula is C33H62O3. The lowest BCUT2D eigenvalue weighted by atomic mass is 9.76. The van der Waals surface area contributed by atoms with Crippen LogP contribution in [0.3, 0.4) is 0 Å². The largest absolute Gasteiger partial charge is 0.390 e. The lowest BCUT2D eigenvalue weighted by Crippen LogP contribution is -2.39. The summed E-state index contributed by atoms with van der Waals surface area (Å²) in [4.78, 5) is 0. The second kappa shape index (κ2) is 18.6. The summed E-state index contributed by atoms with van der Waals surface area (Å²) in [5, 5.41) is 21.1. The molecule has 0 spiro atoms. The molecule has 3 heteroatoms. The van der Waals surface area contributed by atoms with Gasteiger partial charge in [0.25, 0.3) is 0 Å². The van der Waals surface area contributed by atoms with Crippen LogP contribution in [0.5, 0.6) is 0 Å². The number of allylic oxidation sites excluding steroid dienone is 2. The molecule has 0 aromatic heterocycles. The quantitative estimate of drug-likeness (QED) is 0.128. The van der Waals surface area contributed by atoms with Gasteiger partial charge in [-0.3, -0.25) is 0 Å². The third-order valence-corrected chi connectivity index (χ3v) is 8.58. The lowest BCUT2D eigenvalue weighted by Gasteiger charge is -2.38. The predicted octanol–water partition coefficient (Wildman–Crippen LogP) is 9.17. The van der Waals surface area contributed by atoms with E-state index in [1.54, 1.807) is 0 Å². The van der Waals surface area contributed by atoms with Gasteiger partial charge in [0.05, 0.1) is 17.8 Å². The van der Waals surface area contributed by atoms with E-state index in [1.165, 1.54) is 62.5 Å². The van der Waals surface area contributed by atoms with E-state index in [2.05, 4.69) is 53.7 Å². The number of hydrogen-bond donors (Lipinski definition) is 2. The van der Waals surface area contributed by atoms with E-state index in [4.69, 9.17) is 4.74 Å². The highest BCUT2D eigenvalue weighted by atomic mass is 16.5. The van der Waals surface area contributed by atoms with Crippen molar-refractivity contribution in [2.24, 2.45) is 17.8 Å². The fourth-order valence-corrected chi connectivity index (χ4v) is 5.51. The van der Waals surface area contributed by atoms with Gasteiger partial charge < -0.3 is 14.9 Å². The SMILES string of the molecule is CCCCCCOC1C(CCC(C)CCCC(C)=CCCC(C)(O)CCCCC)=CC(O)C(C)C1C. The van der Waals surface area contributed by atoms with Crippen molar-refractivity contribution in [3.63, 3.8) is 0 Å². The van der Waals surface area contributed by atoms with E-state index in [9.17, 15) is 10.2 Å². The fraction of sp³-hybridized carbons (Fsp3) is 0.879. The molecule has 36 heavy (non-hydrogen) atoms. The number of ether oxygens (including phenoxy) is 1. The van der Waals surface area contributed by atoms with Gasteiger partial charge in [0.15, 0.2) is 0 Å². The van der Waals surface area contributed by atoms with Crippen LogP contribution in [0.25, 0.3) is 0 Å². The molecular weight excluding hydrogens is 444 g/mol. The Morgan fingerprint density at radius 3 is 2.39 bits per heavy atom. The predicted molar refractivity (Wildman–Crippen MR) is 156 cm³/mol. The first-order valence-corrected chi connectivity index (χ1v) is 15.5. The van der Waals surface area contributed by atoms with Gasteiger partial charge in [0.2, 0.25) is 0 Å². The molecule has 0 saturated heterocycles. The average molecular weight is 507 g/mol. The highest BCUT2D eigenvalue weighted by Gasteiger charge is 2.34. The summed E-state index contributed by atoms with van der Waals surface area (Å²) < 4.78 is 6.40. The highest BCUT2D eigenvalue weighted by Crippen LogP contribution is 2.35. The van der Waals surface area contributed by atoms with Gasteiger partial charge in [0, 0.05) is 6.61 Å². The summed E-state index contributed by atoms with van der Waals surface area (Å²) in [5.74, 6) is 1.29. The molecule has 6 unspecified atom stereocenters. The Morgan fingerprint density at radius 1 is 1.00 bits per heavy atom. The molecule has 6 atom stereocenters. The standard InChI is InChI=1S/C33H62O3/c1-8-10-12-14-24-36-32-29(6)28(5)31(34)25-30(32)21-20-27(4)18-15-17-26(3)19-16-23-33(7,35)22-13-11-9-2/h19,25,27-29,31-32,34-35H,8-18,20-24H2,1-7H3. The van der Waals surface area contributed by atoms with Crippen LogP contribution >= 0.6 is 0 Å². The molecule has 1 rings (SSSR count). The Labute approximate surface area is 225 Å². The van der Waals surface area contributed by atoms with Crippen LogP contribution in [0, 0.1) is 17.8 Å². The first-order valence-electron chi connectivity index (χ1n) is 15.5. The van der Waals surface area contributed by atoms with E-state index in [-0.39, 0.29) is 18.1 Å². The van der Waals surface area contributed by atoms with Crippen molar-refractivity contribution >= 4 is 0 Å².